The zero-order chi connectivity index (χ0) is 13.5. The zero-order valence-corrected chi connectivity index (χ0v) is 11.2. The molecule has 0 saturated carbocycles. The van der Waals surface area contributed by atoms with Gasteiger partial charge in [0.2, 0.25) is 0 Å². The maximum absolute atomic E-state index is 12.7. The summed E-state index contributed by atoms with van der Waals surface area (Å²) in [4.78, 5) is 0. The van der Waals surface area contributed by atoms with Crippen LogP contribution in [-0.2, 0) is 13.0 Å². The van der Waals surface area contributed by atoms with Gasteiger partial charge in [0.15, 0.2) is 5.11 Å². The van der Waals surface area contributed by atoms with Crippen molar-refractivity contribution < 1.29 is 8.81 Å². The number of halogens is 1. The van der Waals surface area contributed by atoms with E-state index >= 15 is 0 Å². The van der Waals surface area contributed by atoms with Gasteiger partial charge in [-0.3, -0.25) is 0 Å². The van der Waals surface area contributed by atoms with Crippen LogP contribution in [0.3, 0.4) is 0 Å². The second kappa shape index (κ2) is 6.89. The molecule has 0 saturated heterocycles. The van der Waals surface area contributed by atoms with Crippen LogP contribution in [0.15, 0.2) is 47.1 Å². The lowest BCUT2D eigenvalue weighted by molar-refractivity contribution is 0.502. The first-order valence-electron chi connectivity index (χ1n) is 6.02. The van der Waals surface area contributed by atoms with Crippen molar-refractivity contribution in [3.63, 3.8) is 0 Å². The summed E-state index contributed by atoms with van der Waals surface area (Å²) >= 11 is 5.14. The van der Waals surface area contributed by atoms with Crippen LogP contribution < -0.4 is 10.6 Å². The van der Waals surface area contributed by atoms with Gasteiger partial charge in [0.05, 0.1) is 12.8 Å². The lowest BCUT2D eigenvalue weighted by atomic mass is 10.1. The van der Waals surface area contributed by atoms with Crippen LogP contribution in [0.1, 0.15) is 11.3 Å². The second-order valence-corrected chi connectivity index (χ2v) is 4.47. The Morgan fingerprint density at radius 2 is 1.95 bits per heavy atom. The summed E-state index contributed by atoms with van der Waals surface area (Å²) in [6, 6.07) is 10.2. The van der Waals surface area contributed by atoms with Crippen molar-refractivity contribution in [1.82, 2.24) is 10.6 Å². The molecule has 0 aliphatic carbocycles. The minimum absolute atomic E-state index is 0.215. The van der Waals surface area contributed by atoms with Gasteiger partial charge in [-0.25, -0.2) is 4.39 Å². The molecule has 3 nitrogen and oxygen atoms in total. The van der Waals surface area contributed by atoms with E-state index in [-0.39, 0.29) is 5.82 Å². The lowest BCUT2D eigenvalue weighted by Crippen LogP contribution is -2.35. The van der Waals surface area contributed by atoms with Crippen molar-refractivity contribution in [1.29, 1.82) is 0 Å². The van der Waals surface area contributed by atoms with Gasteiger partial charge in [0.1, 0.15) is 11.6 Å². The highest BCUT2D eigenvalue weighted by Crippen LogP contribution is 2.02. The number of hydrogen-bond acceptors (Lipinski definition) is 2. The van der Waals surface area contributed by atoms with Crippen molar-refractivity contribution in [3.05, 3.63) is 59.8 Å². The van der Waals surface area contributed by atoms with Crippen molar-refractivity contribution in [2.45, 2.75) is 13.0 Å². The summed E-state index contributed by atoms with van der Waals surface area (Å²) in [5, 5.41) is 6.72. The molecule has 0 fully saturated rings. The van der Waals surface area contributed by atoms with E-state index in [2.05, 4.69) is 10.6 Å². The van der Waals surface area contributed by atoms with Gasteiger partial charge in [-0.05, 0) is 48.5 Å². The minimum atomic E-state index is -0.215. The van der Waals surface area contributed by atoms with Gasteiger partial charge in [-0.15, -0.1) is 0 Å². The second-order valence-electron chi connectivity index (χ2n) is 4.07. The van der Waals surface area contributed by atoms with Crippen LogP contribution in [0.2, 0.25) is 0 Å². The molecule has 1 aromatic carbocycles. The smallest absolute Gasteiger partial charge is 0.166 e. The molecule has 2 N–H and O–H groups in total. The highest BCUT2D eigenvalue weighted by atomic mass is 32.1. The highest BCUT2D eigenvalue weighted by Gasteiger charge is 1.99. The number of hydrogen-bond donors (Lipinski definition) is 2. The van der Waals surface area contributed by atoms with Crippen molar-refractivity contribution in [3.8, 4) is 0 Å². The van der Waals surface area contributed by atoms with E-state index in [1.807, 2.05) is 12.1 Å². The molecule has 2 rings (SSSR count). The van der Waals surface area contributed by atoms with Gasteiger partial charge >= 0.3 is 0 Å². The SMILES string of the molecule is Fc1ccc(CCNC(=S)NCc2ccco2)cc1. The standard InChI is InChI=1S/C14H15FN2OS/c15-12-5-3-11(4-6-12)7-8-16-14(19)17-10-13-2-1-9-18-13/h1-6,9H,7-8,10H2,(H2,16,17,19). The summed E-state index contributed by atoms with van der Waals surface area (Å²) in [6.07, 6.45) is 2.42. The normalized spacial score (nSPS) is 10.2. The molecule has 1 aromatic heterocycles. The predicted octanol–water partition coefficient (Wildman–Crippen LogP) is 2.63. The van der Waals surface area contributed by atoms with Gasteiger partial charge in [-0.1, -0.05) is 12.1 Å². The number of furan rings is 1. The molecule has 0 spiro atoms. The monoisotopic (exact) mass is 278 g/mol. The molecule has 0 unspecified atom stereocenters. The van der Waals surface area contributed by atoms with Crippen molar-refractivity contribution >= 4 is 17.3 Å². The molecule has 5 heteroatoms. The van der Waals surface area contributed by atoms with Crippen LogP contribution in [-0.4, -0.2) is 11.7 Å². The van der Waals surface area contributed by atoms with E-state index in [1.54, 1.807) is 18.4 Å². The Kier molecular flexibility index (Phi) is 4.92. The Morgan fingerprint density at radius 3 is 2.63 bits per heavy atom. The average molecular weight is 278 g/mol. The Hall–Kier alpha value is -1.88. The van der Waals surface area contributed by atoms with Crippen LogP contribution in [0.5, 0.6) is 0 Å². The molecular weight excluding hydrogens is 263 g/mol. The first kappa shape index (κ1) is 13.5. The number of thiocarbonyl (C=S) groups is 1. The van der Waals surface area contributed by atoms with E-state index in [9.17, 15) is 4.39 Å². The van der Waals surface area contributed by atoms with E-state index in [0.29, 0.717) is 18.2 Å². The molecule has 0 bridgehead atoms. The minimum Gasteiger partial charge on any atom is -0.467 e. The highest BCUT2D eigenvalue weighted by molar-refractivity contribution is 7.80. The number of benzene rings is 1. The quantitative estimate of drug-likeness (QED) is 0.825. The van der Waals surface area contributed by atoms with E-state index in [0.717, 1.165) is 17.7 Å². The first-order valence-corrected chi connectivity index (χ1v) is 6.43. The Bertz CT molecular complexity index is 511. The van der Waals surface area contributed by atoms with Gasteiger partial charge in [0.25, 0.3) is 0 Å². The van der Waals surface area contributed by atoms with Crippen LogP contribution >= 0.6 is 12.2 Å². The Morgan fingerprint density at radius 1 is 1.16 bits per heavy atom. The maximum atomic E-state index is 12.7. The molecule has 2 aromatic rings. The van der Waals surface area contributed by atoms with E-state index in [1.165, 1.54) is 12.1 Å². The fourth-order valence-electron chi connectivity index (χ4n) is 1.61. The molecule has 100 valence electrons. The Balaban J connectivity index is 1.65. The fourth-order valence-corrected chi connectivity index (χ4v) is 1.79. The summed E-state index contributed by atoms with van der Waals surface area (Å²) in [5.41, 5.74) is 1.07. The third kappa shape index (κ3) is 4.71. The summed E-state index contributed by atoms with van der Waals surface area (Å²) in [6.45, 7) is 1.27. The predicted molar refractivity (Wildman–Crippen MR) is 76.3 cm³/mol. The number of nitrogens with one attached hydrogen (secondary N) is 2. The van der Waals surface area contributed by atoms with E-state index < -0.39 is 0 Å². The van der Waals surface area contributed by atoms with Gasteiger partial charge in [-0.2, -0.15) is 0 Å². The van der Waals surface area contributed by atoms with Crippen LogP contribution in [0.4, 0.5) is 4.39 Å². The molecule has 0 aliphatic rings. The third-order valence-corrected chi connectivity index (χ3v) is 2.90. The molecular formula is C14H15FN2OS. The molecule has 19 heavy (non-hydrogen) atoms. The van der Waals surface area contributed by atoms with Crippen LogP contribution in [0, 0.1) is 5.82 Å². The zero-order valence-electron chi connectivity index (χ0n) is 10.4. The Labute approximate surface area is 116 Å². The van der Waals surface area contributed by atoms with Crippen molar-refractivity contribution in [2.24, 2.45) is 0 Å². The molecule has 0 aliphatic heterocycles. The number of rotatable bonds is 5. The van der Waals surface area contributed by atoms with Crippen LogP contribution in [0.25, 0.3) is 0 Å². The average Bonchev–Trinajstić information content (AvgIpc) is 2.92. The summed E-state index contributed by atoms with van der Waals surface area (Å²) in [5.74, 6) is 0.620. The van der Waals surface area contributed by atoms with E-state index in [4.69, 9.17) is 16.6 Å². The molecule has 0 radical (unpaired) electrons. The molecule has 0 amide bonds. The maximum Gasteiger partial charge on any atom is 0.166 e. The molecule has 1 heterocycles. The first-order chi connectivity index (χ1) is 9.24. The van der Waals surface area contributed by atoms with Crippen molar-refractivity contribution in [2.75, 3.05) is 6.54 Å². The van der Waals surface area contributed by atoms with Gasteiger partial charge in [0, 0.05) is 6.54 Å². The molecule has 0 atom stereocenters. The lowest BCUT2D eigenvalue weighted by Gasteiger charge is -2.09. The fraction of sp³-hybridized carbons (Fsp3) is 0.214. The largest absolute Gasteiger partial charge is 0.467 e. The van der Waals surface area contributed by atoms with Gasteiger partial charge < -0.3 is 15.1 Å². The topological polar surface area (TPSA) is 37.2 Å². The summed E-state index contributed by atoms with van der Waals surface area (Å²) < 4.78 is 17.9. The third-order valence-electron chi connectivity index (χ3n) is 2.62. The summed E-state index contributed by atoms with van der Waals surface area (Å²) in [7, 11) is 0.